The predicted molar refractivity (Wildman–Crippen MR) is 69.6 cm³/mol. The van der Waals surface area contributed by atoms with Gasteiger partial charge in [0.05, 0.1) is 6.04 Å². The van der Waals surface area contributed by atoms with Crippen molar-refractivity contribution in [3.8, 4) is 0 Å². The minimum atomic E-state index is -1.23. The molecule has 0 radical (unpaired) electrons. The van der Waals surface area contributed by atoms with Crippen LogP contribution in [0.2, 0.25) is 0 Å². The van der Waals surface area contributed by atoms with Crippen molar-refractivity contribution < 1.29 is 19.5 Å². The van der Waals surface area contributed by atoms with Crippen molar-refractivity contribution in [2.75, 3.05) is 13.1 Å². The average Bonchev–Trinajstić information content (AvgIpc) is 2.37. The van der Waals surface area contributed by atoms with Gasteiger partial charge in [-0.05, 0) is 18.6 Å². The number of aromatic nitrogens is 1. The summed E-state index contributed by atoms with van der Waals surface area (Å²) in [7, 11) is 0. The highest BCUT2D eigenvalue weighted by molar-refractivity contribution is 5.86. The zero-order valence-corrected chi connectivity index (χ0v) is 10.9. The third-order valence-electron chi connectivity index (χ3n) is 2.48. The van der Waals surface area contributed by atoms with E-state index in [-0.39, 0.29) is 6.04 Å². The third-order valence-corrected chi connectivity index (χ3v) is 2.48. The SMILES string of the molecule is CC(NC(=O)N(CC(N)=O)CC(=O)O)c1cccnc1. The largest absolute Gasteiger partial charge is 0.480 e. The number of carbonyl (C=O) groups is 3. The van der Waals surface area contributed by atoms with Crippen LogP contribution in [0.5, 0.6) is 0 Å². The summed E-state index contributed by atoms with van der Waals surface area (Å²) in [6, 6.07) is 2.44. The van der Waals surface area contributed by atoms with E-state index in [1.54, 1.807) is 31.5 Å². The second-order valence-corrected chi connectivity index (χ2v) is 4.17. The molecule has 0 aliphatic carbocycles. The molecule has 8 nitrogen and oxygen atoms in total. The number of hydrogen-bond donors (Lipinski definition) is 3. The molecule has 0 saturated heterocycles. The highest BCUT2D eigenvalue weighted by Gasteiger charge is 2.20. The van der Waals surface area contributed by atoms with E-state index in [2.05, 4.69) is 10.3 Å². The Labute approximate surface area is 115 Å². The molecule has 0 fully saturated rings. The first-order chi connectivity index (χ1) is 9.40. The van der Waals surface area contributed by atoms with E-state index >= 15 is 0 Å². The Balaban J connectivity index is 2.70. The first kappa shape index (κ1) is 15.4. The standard InChI is InChI=1S/C12H16N4O4/c1-8(9-3-2-4-14-5-9)15-12(20)16(6-10(13)17)7-11(18)19/h2-5,8H,6-7H2,1H3,(H2,13,17)(H,15,20)(H,18,19). The lowest BCUT2D eigenvalue weighted by atomic mass is 10.1. The smallest absolute Gasteiger partial charge is 0.323 e. The highest BCUT2D eigenvalue weighted by Crippen LogP contribution is 2.10. The van der Waals surface area contributed by atoms with Crippen molar-refractivity contribution in [1.29, 1.82) is 0 Å². The van der Waals surface area contributed by atoms with Crippen LogP contribution in [0.15, 0.2) is 24.5 Å². The number of carbonyl (C=O) groups excluding carboxylic acids is 2. The Morgan fingerprint density at radius 2 is 2.15 bits per heavy atom. The molecule has 3 amide bonds. The zero-order valence-electron chi connectivity index (χ0n) is 10.9. The number of hydrogen-bond acceptors (Lipinski definition) is 4. The number of rotatable bonds is 6. The van der Waals surface area contributed by atoms with Gasteiger partial charge in [0.15, 0.2) is 0 Å². The van der Waals surface area contributed by atoms with E-state index in [1.807, 2.05) is 0 Å². The number of aliphatic carboxylic acids is 1. The lowest BCUT2D eigenvalue weighted by Gasteiger charge is -2.22. The molecule has 0 spiro atoms. The lowest BCUT2D eigenvalue weighted by Crippen LogP contribution is -2.47. The van der Waals surface area contributed by atoms with Crippen LogP contribution in [-0.2, 0) is 9.59 Å². The van der Waals surface area contributed by atoms with E-state index in [4.69, 9.17) is 10.8 Å². The minimum absolute atomic E-state index is 0.375. The van der Waals surface area contributed by atoms with Gasteiger partial charge in [0, 0.05) is 12.4 Å². The van der Waals surface area contributed by atoms with E-state index in [0.717, 1.165) is 10.5 Å². The van der Waals surface area contributed by atoms with Gasteiger partial charge >= 0.3 is 12.0 Å². The number of carboxylic acids is 1. The second kappa shape index (κ2) is 7.07. The Morgan fingerprint density at radius 3 is 2.65 bits per heavy atom. The van der Waals surface area contributed by atoms with Gasteiger partial charge in [-0.2, -0.15) is 0 Å². The Morgan fingerprint density at radius 1 is 1.45 bits per heavy atom. The van der Waals surface area contributed by atoms with Gasteiger partial charge in [-0.3, -0.25) is 14.6 Å². The van der Waals surface area contributed by atoms with Gasteiger partial charge in [0.25, 0.3) is 0 Å². The summed E-state index contributed by atoms with van der Waals surface area (Å²) in [5.74, 6) is -2.01. The molecule has 0 aliphatic heterocycles. The first-order valence-corrected chi connectivity index (χ1v) is 5.85. The molecule has 1 unspecified atom stereocenters. The molecule has 1 heterocycles. The maximum absolute atomic E-state index is 11.9. The molecule has 1 atom stereocenters. The molecule has 108 valence electrons. The molecule has 1 aromatic heterocycles. The Kier molecular flexibility index (Phi) is 5.45. The molecule has 4 N–H and O–H groups in total. The Bertz CT molecular complexity index is 475. The molecule has 1 aromatic rings. The van der Waals surface area contributed by atoms with Gasteiger partial charge < -0.3 is 21.1 Å². The molecule has 0 saturated carbocycles. The number of urea groups is 1. The zero-order chi connectivity index (χ0) is 15.1. The molecular weight excluding hydrogens is 264 g/mol. The van der Waals surface area contributed by atoms with E-state index in [9.17, 15) is 14.4 Å². The van der Waals surface area contributed by atoms with Gasteiger partial charge in [0.2, 0.25) is 5.91 Å². The number of amides is 3. The number of carboxylic acid groups (broad SMARTS) is 1. The van der Waals surface area contributed by atoms with Crippen molar-refractivity contribution in [3.05, 3.63) is 30.1 Å². The van der Waals surface area contributed by atoms with Gasteiger partial charge in [-0.1, -0.05) is 6.07 Å². The summed E-state index contributed by atoms with van der Waals surface area (Å²) in [5, 5.41) is 11.3. The molecule has 8 heteroatoms. The van der Waals surface area contributed by atoms with Crippen molar-refractivity contribution in [1.82, 2.24) is 15.2 Å². The van der Waals surface area contributed by atoms with Gasteiger partial charge in [0.1, 0.15) is 13.1 Å². The van der Waals surface area contributed by atoms with Crippen LogP contribution in [-0.4, -0.2) is 46.0 Å². The Hall–Kier alpha value is -2.64. The summed E-state index contributed by atoms with van der Waals surface area (Å²) >= 11 is 0. The fraction of sp³-hybridized carbons (Fsp3) is 0.333. The normalized spacial score (nSPS) is 11.4. The molecule has 1 rings (SSSR count). The van der Waals surface area contributed by atoms with Crippen LogP contribution < -0.4 is 11.1 Å². The van der Waals surface area contributed by atoms with Crippen LogP contribution in [0.4, 0.5) is 4.79 Å². The van der Waals surface area contributed by atoms with Crippen molar-refractivity contribution >= 4 is 17.9 Å². The summed E-state index contributed by atoms with van der Waals surface area (Å²) in [6.45, 7) is 0.657. The highest BCUT2D eigenvalue weighted by atomic mass is 16.4. The first-order valence-electron chi connectivity index (χ1n) is 5.85. The molecule has 0 bridgehead atoms. The van der Waals surface area contributed by atoms with Crippen LogP contribution in [0.3, 0.4) is 0 Å². The fourth-order valence-electron chi connectivity index (χ4n) is 1.54. The average molecular weight is 280 g/mol. The van der Waals surface area contributed by atoms with Crippen LogP contribution in [0, 0.1) is 0 Å². The number of nitrogens with zero attached hydrogens (tertiary/aromatic N) is 2. The maximum atomic E-state index is 11.9. The quantitative estimate of drug-likeness (QED) is 0.661. The molecule has 0 aromatic carbocycles. The molecule has 20 heavy (non-hydrogen) atoms. The lowest BCUT2D eigenvalue weighted by molar-refractivity contribution is -0.137. The number of pyridine rings is 1. The summed E-state index contributed by atoms with van der Waals surface area (Å²) in [6.07, 6.45) is 3.18. The van der Waals surface area contributed by atoms with Crippen molar-refractivity contribution in [2.24, 2.45) is 5.73 Å². The third kappa shape index (κ3) is 4.92. The van der Waals surface area contributed by atoms with E-state index in [1.165, 1.54) is 0 Å². The monoisotopic (exact) mass is 280 g/mol. The van der Waals surface area contributed by atoms with Crippen molar-refractivity contribution in [3.63, 3.8) is 0 Å². The topological polar surface area (TPSA) is 126 Å². The summed E-state index contributed by atoms with van der Waals surface area (Å²) < 4.78 is 0. The summed E-state index contributed by atoms with van der Waals surface area (Å²) in [5.41, 5.74) is 5.74. The van der Waals surface area contributed by atoms with Crippen molar-refractivity contribution in [2.45, 2.75) is 13.0 Å². The number of nitrogens with two attached hydrogens (primary N) is 1. The second-order valence-electron chi connectivity index (χ2n) is 4.17. The maximum Gasteiger partial charge on any atom is 0.323 e. The predicted octanol–water partition coefficient (Wildman–Crippen LogP) is -0.276. The summed E-state index contributed by atoms with van der Waals surface area (Å²) in [4.78, 5) is 38.2. The van der Waals surface area contributed by atoms with Crippen LogP contribution in [0.25, 0.3) is 0 Å². The number of primary amides is 1. The van der Waals surface area contributed by atoms with E-state index < -0.39 is 31.0 Å². The van der Waals surface area contributed by atoms with Gasteiger partial charge in [-0.25, -0.2) is 4.79 Å². The van der Waals surface area contributed by atoms with Crippen LogP contribution >= 0.6 is 0 Å². The van der Waals surface area contributed by atoms with E-state index in [0.29, 0.717) is 0 Å². The molecular formula is C12H16N4O4. The fourth-order valence-corrected chi connectivity index (χ4v) is 1.54. The molecule has 0 aliphatic rings. The van der Waals surface area contributed by atoms with Gasteiger partial charge in [-0.15, -0.1) is 0 Å². The number of nitrogens with one attached hydrogen (secondary N) is 1. The minimum Gasteiger partial charge on any atom is -0.480 e. The van der Waals surface area contributed by atoms with Crippen LogP contribution in [0.1, 0.15) is 18.5 Å².